The van der Waals surface area contributed by atoms with Crippen molar-refractivity contribution in [3.8, 4) is 5.75 Å². The van der Waals surface area contributed by atoms with Gasteiger partial charge in [0, 0.05) is 18.7 Å². The predicted molar refractivity (Wildman–Crippen MR) is 78.8 cm³/mol. The van der Waals surface area contributed by atoms with E-state index in [4.69, 9.17) is 10.5 Å². The highest BCUT2D eigenvalue weighted by Gasteiger charge is 2.30. The Balaban J connectivity index is 2.03. The zero-order valence-electron chi connectivity index (χ0n) is 12.6. The van der Waals surface area contributed by atoms with E-state index in [-0.39, 0.29) is 11.9 Å². The van der Waals surface area contributed by atoms with Gasteiger partial charge in [0.15, 0.2) is 0 Å². The summed E-state index contributed by atoms with van der Waals surface area (Å²) in [7, 11) is 1.49. The largest absolute Gasteiger partial charge is 0.496 e. The molecule has 0 aromatic heterocycles. The summed E-state index contributed by atoms with van der Waals surface area (Å²) in [6, 6.07) is 3.43. The molecule has 0 bridgehead atoms. The number of urea groups is 1. The Hall–Kier alpha value is -2.31. The van der Waals surface area contributed by atoms with E-state index in [0.29, 0.717) is 30.8 Å². The van der Waals surface area contributed by atoms with Gasteiger partial charge in [-0.3, -0.25) is 4.79 Å². The van der Waals surface area contributed by atoms with Crippen LogP contribution in [-0.4, -0.2) is 37.0 Å². The number of likely N-dealkylation sites (tertiary alicyclic amines) is 1. The van der Waals surface area contributed by atoms with E-state index in [1.54, 1.807) is 6.92 Å². The number of halogens is 1. The first-order chi connectivity index (χ1) is 10.4. The standard InChI is InChI=1S/C15H20FN3O3/c1-9(12-7-11(16)3-4-13(12)22-2)18-15(21)19-6-5-10(8-19)14(17)20/h3-4,7,9-10H,5-6,8H2,1-2H3,(H2,17,20)(H,18,21)/t9-,10+/m0/s1. The number of carbonyl (C=O) groups is 2. The van der Waals surface area contributed by atoms with Crippen LogP contribution in [0.15, 0.2) is 18.2 Å². The third kappa shape index (κ3) is 3.47. The third-order valence-electron chi connectivity index (χ3n) is 3.88. The van der Waals surface area contributed by atoms with E-state index in [0.717, 1.165) is 0 Å². The Bertz CT molecular complexity index is 579. The summed E-state index contributed by atoms with van der Waals surface area (Å²) in [4.78, 5) is 24.9. The molecule has 1 aromatic carbocycles. The van der Waals surface area contributed by atoms with E-state index in [2.05, 4.69) is 5.32 Å². The second-order valence-corrected chi connectivity index (χ2v) is 5.39. The molecule has 1 fully saturated rings. The lowest BCUT2D eigenvalue weighted by Crippen LogP contribution is -2.40. The first kappa shape index (κ1) is 16.1. The molecule has 1 aliphatic rings. The van der Waals surface area contributed by atoms with Crippen molar-refractivity contribution in [2.45, 2.75) is 19.4 Å². The molecule has 3 amide bonds. The molecule has 120 valence electrons. The molecule has 1 heterocycles. The molecule has 6 nitrogen and oxygen atoms in total. The van der Waals surface area contributed by atoms with Crippen LogP contribution >= 0.6 is 0 Å². The van der Waals surface area contributed by atoms with Gasteiger partial charge in [-0.1, -0.05) is 0 Å². The summed E-state index contributed by atoms with van der Waals surface area (Å²) in [5.41, 5.74) is 5.81. The maximum absolute atomic E-state index is 13.4. The van der Waals surface area contributed by atoms with Gasteiger partial charge in [-0.15, -0.1) is 0 Å². The van der Waals surface area contributed by atoms with Gasteiger partial charge in [-0.2, -0.15) is 0 Å². The van der Waals surface area contributed by atoms with Crippen LogP contribution in [0.25, 0.3) is 0 Å². The number of nitrogens with one attached hydrogen (secondary N) is 1. The molecular weight excluding hydrogens is 289 g/mol. The average molecular weight is 309 g/mol. The van der Waals surface area contributed by atoms with Crippen molar-refractivity contribution >= 4 is 11.9 Å². The first-order valence-electron chi connectivity index (χ1n) is 7.10. The van der Waals surface area contributed by atoms with Crippen LogP contribution < -0.4 is 15.8 Å². The van der Waals surface area contributed by atoms with Crippen molar-refractivity contribution in [1.29, 1.82) is 0 Å². The van der Waals surface area contributed by atoms with Gasteiger partial charge in [0.05, 0.1) is 19.1 Å². The van der Waals surface area contributed by atoms with Crippen LogP contribution in [0.1, 0.15) is 24.9 Å². The van der Waals surface area contributed by atoms with E-state index < -0.39 is 17.8 Å². The third-order valence-corrected chi connectivity index (χ3v) is 3.88. The van der Waals surface area contributed by atoms with Crippen LogP contribution in [-0.2, 0) is 4.79 Å². The van der Waals surface area contributed by atoms with Gasteiger partial charge in [0.25, 0.3) is 0 Å². The van der Waals surface area contributed by atoms with Crippen LogP contribution in [0.3, 0.4) is 0 Å². The van der Waals surface area contributed by atoms with Crippen molar-refractivity contribution in [1.82, 2.24) is 10.2 Å². The van der Waals surface area contributed by atoms with Crippen molar-refractivity contribution in [2.24, 2.45) is 11.7 Å². The highest BCUT2D eigenvalue weighted by molar-refractivity contribution is 5.80. The second kappa shape index (κ2) is 6.64. The van der Waals surface area contributed by atoms with Gasteiger partial charge in [0.1, 0.15) is 11.6 Å². The molecule has 1 aromatic rings. The normalized spacial score (nSPS) is 18.9. The van der Waals surface area contributed by atoms with Crippen LogP contribution in [0.2, 0.25) is 0 Å². The lowest BCUT2D eigenvalue weighted by Gasteiger charge is -2.22. The fourth-order valence-electron chi connectivity index (χ4n) is 2.57. The quantitative estimate of drug-likeness (QED) is 0.882. The number of benzene rings is 1. The molecule has 0 saturated carbocycles. The summed E-state index contributed by atoms with van der Waals surface area (Å²) in [5.74, 6) is -0.586. The lowest BCUT2D eigenvalue weighted by molar-refractivity contribution is -0.121. The number of nitrogens with two attached hydrogens (primary N) is 1. The highest BCUT2D eigenvalue weighted by Crippen LogP contribution is 2.26. The Morgan fingerprint density at radius 1 is 1.50 bits per heavy atom. The number of rotatable bonds is 4. The molecule has 22 heavy (non-hydrogen) atoms. The molecule has 2 atom stereocenters. The van der Waals surface area contributed by atoms with Gasteiger partial charge in [-0.05, 0) is 31.5 Å². The van der Waals surface area contributed by atoms with E-state index in [1.807, 2.05) is 0 Å². The smallest absolute Gasteiger partial charge is 0.317 e. The second-order valence-electron chi connectivity index (χ2n) is 5.39. The molecule has 7 heteroatoms. The summed E-state index contributed by atoms with van der Waals surface area (Å²) < 4.78 is 18.6. The molecule has 2 rings (SSSR count). The van der Waals surface area contributed by atoms with E-state index in [1.165, 1.54) is 30.2 Å². The number of nitrogens with zero attached hydrogens (tertiary/aromatic N) is 1. The minimum absolute atomic E-state index is 0.301. The summed E-state index contributed by atoms with van der Waals surface area (Å²) in [5, 5.41) is 2.79. The van der Waals surface area contributed by atoms with Gasteiger partial charge in [-0.25, -0.2) is 9.18 Å². The van der Waals surface area contributed by atoms with Gasteiger partial charge >= 0.3 is 6.03 Å². The maximum Gasteiger partial charge on any atom is 0.317 e. The summed E-state index contributed by atoms with van der Waals surface area (Å²) in [6.07, 6.45) is 0.570. The van der Waals surface area contributed by atoms with Crippen LogP contribution in [0.4, 0.5) is 9.18 Å². The monoisotopic (exact) mass is 309 g/mol. The van der Waals surface area contributed by atoms with Gasteiger partial charge in [0.2, 0.25) is 5.91 Å². The minimum Gasteiger partial charge on any atom is -0.496 e. The fraction of sp³-hybridized carbons (Fsp3) is 0.467. The molecule has 1 saturated heterocycles. The molecule has 3 N–H and O–H groups in total. The number of methoxy groups -OCH3 is 1. The lowest BCUT2D eigenvalue weighted by atomic mass is 10.1. The van der Waals surface area contributed by atoms with Crippen molar-refractivity contribution in [2.75, 3.05) is 20.2 Å². The molecule has 1 aliphatic heterocycles. The zero-order chi connectivity index (χ0) is 16.3. The predicted octanol–water partition coefficient (Wildman–Crippen LogP) is 1.41. The zero-order valence-corrected chi connectivity index (χ0v) is 12.6. The number of primary amides is 1. The van der Waals surface area contributed by atoms with Crippen molar-refractivity contribution < 1.29 is 18.7 Å². The number of amides is 3. The highest BCUT2D eigenvalue weighted by atomic mass is 19.1. The Morgan fingerprint density at radius 2 is 2.23 bits per heavy atom. The molecule has 0 aliphatic carbocycles. The van der Waals surface area contributed by atoms with Gasteiger partial charge < -0.3 is 20.7 Å². The first-order valence-corrected chi connectivity index (χ1v) is 7.10. The van der Waals surface area contributed by atoms with E-state index >= 15 is 0 Å². The minimum atomic E-state index is -0.425. The Morgan fingerprint density at radius 3 is 2.82 bits per heavy atom. The van der Waals surface area contributed by atoms with E-state index in [9.17, 15) is 14.0 Å². The number of ether oxygens (including phenoxy) is 1. The topological polar surface area (TPSA) is 84.7 Å². The molecule has 0 radical (unpaired) electrons. The Kier molecular flexibility index (Phi) is 4.85. The van der Waals surface area contributed by atoms with Crippen molar-refractivity contribution in [3.63, 3.8) is 0 Å². The Labute approximate surface area is 128 Å². The number of hydrogen-bond acceptors (Lipinski definition) is 3. The maximum atomic E-state index is 13.4. The molecule has 0 spiro atoms. The SMILES string of the molecule is COc1ccc(F)cc1[C@H](C)NC(=O)N1CC[C@@H](C(N)=O)C1. The summed E-state index contributed by atoms with van der Waals surface area (Å²) in [6.45, 7) is 2.54. The fourth-order valence-corrected chi connectivity index (χ4v) is 2.57. The summed E-state index contributed by atoms with van der Waals surface area (Å²) >= 11 is 0. The van der Waals surface area contributed by atoms with Crippen LogP contribution in [0, 0.1) is 11.7 Å². The molecule has 0 unspecified atom stereocenters. The number of carbonyl (C=O) groups excluding carboxylic acids is 2. The number of hydrogen-bond donors (Lipinski definition) is 2. The van der Waals surface area contributed by atoms with Crippen LogP contribution in [0.5, 0.6) is 5.75 Å². The molecular formula is C15H20FN3O3. The van der Waals surface area contributed by atoms with Crippen molar-refractivity contribution in [3.05, 3.63) is 29.6 Å². The average Bonchev–Trinajstić information content (AvgIpc) is 2.97.